The van der Waals surface area contributed by atoms with E-state index in [-0.39, 0.29) is 11.9 Å². The van der Waals surface area contributed by atoms with E-state index in [1.807, 2.05) is 6.92 Å². The van der Waals surface area contributed by atoms with Crippen LogP contribution in [-0.2, 0) is 9.53 Å². The van der Waals surface area contributed by atoms with Crippen LogP contribution in [0.3, 0.4) is 0 Å². The van der Waals surface area contributed by atoms with Crippen LogP contribution in [0.5, 0.6) is 0 Å². The molecule has 3 unspecified atom stereocenters. The van der Waals surface area contributed by atoms with E-state index >= 15 is 0 Å². The van der Waals surface area contributed by atoms with Crippen molar-refractivity contribution in [3.05, 3.63) is 0 Å². The van der Waals surface area contributed by atoms with Gasteiger partial charge in [-0.15, -0.1) is 0 Å². The lowest BCUT2D eigenvalue weighted by Gasteiger charge is -2.30. The maximum atomic E-state index is 11.8. The fourth-order valence-electron chi connectivity index (χ4n) is 2.80. The third-order valence-electron chi connectivity index (χ3n) is 3.81. The molecule has 0 radical (unpaired) electrons. The first-order chi connectivity index (χ1) is 9.29. The molecule has 5 heteroatoms. The number of rotatable bonds is 5. The summed E-state index contributed by atoms with van der Waals surface area (Å²) in [5.41, 5.74) is 0. The number of thioether (sulfide) groups is 2. The van der Waals surface area contributed by atoms with Crippen molar-refractivity contribution in [2.45, 2.75) is 43.9 Å². The Bertz CT molecular complexity index is 283. The zero-order valence-corrected chi connectivity index (χ0v) is 13.4. The topological polar surface area (TPSA) is 38.3 Å². The molecule has 0 aromatic heterocycles. The molecular formula is C14H25NO2S2. The minimum atomic E-state index is 0.0107. The van der Waals surface area contributed by atoms with E-state index < -0.39 is 0 Å². The number of ether oxygens (including phenoxy) is 1. The highest BCUT2D eigenvalue weighted by molar-refractivity contribution is 8.06. The molecule has 1 aliphatic heterocycles. The van der Waals surface area contributed by atoms with E-state index in [4.69, 9.17) is 4.74 Å². The first kappa shape index (κ1) is 15.5. The van der Waals surface area contributed by atoms with Crippen LogP contribution in [0, 0.1) is 5.92 Å². The van der Waals surface area contributed by atoms with Crippen LogP contribution in [-0.4, -0.2) is 47.7 Å². The van der Waals surface area contributed by atoms with Crippen molar-refractivity contribution in [3.8, 4) is 0 Å². The molecule has 0 aromatic rings. The molecule has 3 atom stereocenters. The van der Waals surface area contributed by atoms with Crippen molar-refractivity contribution in [1.82, 2.24) is 5.32 Å². The molecule has 2 rings (SSSR count). The van der Waals surface area contributed by atoms with Gasteiger partial charge in [0.05, 0.1) is 12.5 Å². The molecule has 1 saturated carbocycles. The van der Waals surface area contributed by atoms with Crippen molar-refractivity contribution < 1.29 is 9.53 Å². The summed E-state index contributed by atoms with van der Waals surface area (Å²) in [5, 5.41) is 4.43. The molecule has 1 N–H and O–H groups in total. The highest BCUT2D eigenvalue weighted by atomic mass is 32.2. The summed E-state index contributed by atoms with van der Waals surface area (Å²) in [4.78, 5) is 11.8. The Balaban J connectivity index is 1.69. The number of hydrogen-bond donors (Lipinski definition) is 1. The van der Waals surface area contributed by atoms with Gasteiger partial charge in [-0.3, -0.25) is 4.79 Å². The van der Waals surface area contributed by atoms with Gasteiger partial charge in [-0.2, -0.15) is 23.5 Å². The first-order valence-corrected chi connectivity index (χ1v) is 9.59. The first-order valence-electron chi connectivity index (χ1n) is 7.39. The third-order valence-corrected chi connectivity index (χ3v) is 6.66. The van der Waals surface area contributed by atoms with Crippen LogP contribution in [0.15, 0.2) is 0 Å². The Morgan fingerprint density at radius 3 is 3.00 bits per heavy atom. The van der Waals surface area contributed by atoms with Gasteiger partial charge < -0.3 is 10.1 Å². The van der Waals surface area contributed by atoms with Gasteiger partial charge in [-0.05, 0) is 26.2 Å². The zero-order chi connectivity index (χ0) is 13.5. The van der Waals surface area contributed by atoms with Crippen LogP contribution in [0.4, 0.5) is 0 Å². The van der Waals surface area contributed by atoms with Gasteiger partial charge >= 0.3 is 5.97 Å². The Hall–Kier alpha value is 0.130. The molecule has 1 heterocycles. The van der Waals surface area contributed by atoms with Crippen LogP contribution < -0.4 is 5.32 Å². The second kappa shape index (κ2) is 8.42. The average Bonchev–Trinajstić information content (AvgIpc) is 2.47. The lowest BCUT2D eigenvalue weighted by atomic mass is 9.85. The second-order valence-corrected chi connectivity index (χ2v) is 7.85. The lowest BCUT2D eigenvalue weighted by molar-refractivity contribution is -0.149. The van der Waals surface area contributed by atoms with Gasteiger partial charge in [-0.25, -0.2) is 0 Å². The molecule has 19 heavy (non-hydrogen) atoms. The van der Waals surface area contributed by atoms with Gasteiger partial charge in [0.1, 0.15) is 0 Å². The van der Waals surface area contributed by atoms with Crippen LogP contribution in [0.2, 0.25) is 0 Å². The number of esters is 1. The van der Waals surface area contributed by atoms with E-state index in [1.54, 1.807) is 0 Å². The van der Waals surface area contributed by atoms with E-state index in [9.17, 15) is 4.79 Å². The summed E-state index contributed by atoms with van der Waals surface area (Å²) in [7, 11) is 0. The summed E-state index contributed by atoms with van der Waals surface area (Å²) >= 11 is 4.16. The molecule has 0 spiro atoms. The van der Waals surface area contributed by atoms with Crippen molar-refractivity contribution in [2.24, 2.45) is 5.92 Å². The maximum absolute atomic E-state index is 11.8. The second-order valence-electron chi connectivity index (χ2n) is 5.29. The molecule has 2 aliphatic rings. The molecule has 0 bridgehead atoms. The Morgan fingerprint density at radius 1 is 1.37 bits per heavy atom. The van der Waals surface area contributed by atoms with Gasteiger partial charge in [0.2, 0.25) is 0 Å². The van der Waals surface area contributed by atoms with E-state index in [0.717, 1.165) is 31.1 Å². The largest absolute Gasteiger partial charge is 0.466 e. The molecule has 0 amide bonds. The number of hydrogen-bond acceptors (Lipinski definition) is 5. The Kier molecular flexibility index (Phi) is 6.88. The standard InChI is InChI=1S/C14H25NO2S2/c1-2-17-14(16)11-4-3-5-12(8-11)15-9-13-10-18-6-7-19-13/h11-13,15H,2-10H2,1H3. The van der Waals surface area contributed by atoms with Crippen molar-refractivity contribution >= 4 is 29.5 Å². The molecular weight excluding hydrogens is 278 g/mol. The Labute approximate surface area is 125 Å². The molecule has 1 aliphatic carbocycles. The van der Waals surface area contributed by atoms with E-state index in [0.29, 0.717) is 12.6 Å². The molecule has 3 nitrogen and oxygen atoms in total. The van der Waals surface area contributed by atoms with Crippen LogP contribution in [0.1, 0.15) is 32.6 Å². The number of nitrogens with one attached hydrogen (secondary N) is 1. The number of carbonyl (C=O) groups is 1. The smallest absolute Gasteiger partial charge is 0.308 e. The summed E-state index contributed by atoms with van der Waals surface area (Å²) in [6.07, 6.45) is 4.32. The quantitative estimate of drug-likeness (QED) is 0.790. The highest BCUT2D eigenvalue weighted by Gasteiger charge is 2.28. The zero-order valence-electron chi connectivity index (χ0n) is 11.7. The molecule has 1 saturated heterocycles. The number of carbonyl (C=O) groups excluding carboxylic acids is 1. The summed E-state index contributed by atoms with van der Waals surface area (Å²) in [6.45, 7) is 3.48. The third kappa shape index (κ3) is 5.20. The monoisotopic (exact) mass is 303 g/mol. The van der Waals surface area contributed by atoms with Gasteiger partial charge in [0, 0.05) is 35.1 Å². The van der Waals surface area contributed by atoms with Crippen LogP contribution >= 0.6 is 23.5 Å². The summed E-state index contributed by atoms with van der Waals surface area (Å²) < 4.78 is 5.15. The minimum Gasteiger partial charge on any atom is -0.466 e. The van der Waals surface area contributed by atoms with E-state index in [1.165, 1.54) is 23.7 Å². The molecule has 110 valence electrons. The summed E-state index contributed by atoms with van der Waals surface area (Å²) in [6, 6.07) is 0.510. The maximum Gasteiger partial charge on any atom is 0.308 e. The fourth-order valence-corrected chi connectivity index (χ4v) is 5.43. The van der Waals surface area contributed by atoms with Gasteiger partial charge in [0.25, 0.3) is 0 Å². The predicted molar refractivity (Wildman–Crippen MR) is 84.0 cm³/mol. The van der Waals surface area contributed by atoms with Gasteiger partial charge in [-0.1, -0.05) is 6.42 Å². The van der Waals surface area contributed by atoms with Crippen LogP contribution in [0.25, 0.3) is 0 Å². The molecule has 2 fully saturated rings. The van der Waals surface area contributed by atoms with E-state index in [2.05, 4.69) is 28.8 Å². The fraction of sp³-hybridized carbons (Fsp3) is 0.929. The highest BCUT2D eigenvalue weighted by Crippen LogP contribution is 2.27. The Morgan fingerprint density at radius 2 is 2.26 bits per heavy atom. The SMILES string of the molecule is CCOC(=O)C1CCCC(NCC2CSCCS2)C1. The van der Waals surface area contributed by atoms with Crippen molar-refractivity contribution in [2.75, 3.05) is 30.4 Å². The average molecular weight is 303 g/mol. The van der Waals surface area contributed by atoms with Crippen molar-refractivity contribution in [3.63, 3.8) is 0 Å². The summed E-state index contributed by atoms with van der Waals surface area (Å²) in [5.74, 6) is 3.99. The predicted octanol–water partition coefficient (Wildman–Crippen LogP) is 2.55. The van der Waals surface area contributed by atoms with Crippen molar-refractivity contribution in [1.29, 1.82) is 0 Å². The lowest BCUT2D eigenvalue weighted by Crippen LogP contribution is -2.40. The normalized spacial score (nSPS) is 31.9. The van der Waals surface area contributed by atoms with Gasteiger partial charge in [0.15, 0.2) is 0 Å². The minimum absolute atomic E-state index is 0.0107. The molecule has 0 aromatic carbocycles.